The lowest BCUT2D eigenvalue weighted by molar-refractivity contribution is 0.0722. The molecule has 0 saturated carbocycles. The standard InChI is InChI=1S/C18H15NO3/c1-2-21-16-9-5-6-10-17(16)22-18(20)15-12-11-13-7-3-4-8-14(13)19-15/h3-12H,2H2,1H3. The Bertz CT molecular complexity index is 814. The number of aromatic nitrogens is 1. The van der Waals surface area contributed by atoms with Crippen LogP contribution < -0.4 is 9.47 Å². The molecule has 4 nitrogen and oxygen atoms in total. The SMILES string of the molecule is CCOc1ccccc1OC(=O)c1ccc2ccccc2n1. The molecule has 1 heterocycles. The molecule has 1 aromatic heterocycles. The van der Waals surface area contributed by atoms with Crippen molar-refractivity contribution < 1.29 is 14.3 Å². The monoisotopic (exact) mass is 293 g/mol. The maximum absolute atomic E-state index is 12.3. The van der Waals surface area contributed by atoms with E-state index in [1.54, 1.807) is 24.3 Å². The quantitative estimate of drug-likeness (QED) is 0.541. The molecule has 0 bridgehead atoms. The first-order valence-corrected chi connectivity index (χ1v) is 7.07. The number of esters is 1. The molecule has 0 aliphatic rings. The molecular formula is C18H15NO3. The summed E-state index contributed by atoms with van der Waals surface area (Å²) in [5, 5.41) is 0.980. The number of para-hydroxylation sites is 3. The largest absolute Gasteiger partial charge is 0.490 e. The fraction of sp³-hybridized carbons (Fsp3) is 0.111. The van der Waals surface area contributed by atoms with E-state index in [4.69, 9.17) is 9.47 Å². The first kappa shape index (κ1) is 14.1. The minimum absolute atomic E-state index is 0.269. The van der Waals surface area contributed by atoms with Crippen LogP contribution in [-0.4, -0.2) is 17.6 Å². The van der Waals surface area contributed by atoms with E-state index in [2.05, 4.69) is 4.98 Å². The predicted molar refractivity (Wildman–Crippen MR) is 84.3 cm³/mol. The zero-order valence-electron chi connectivity index (χ0n) is 12.2. The number of carbonyl (C=O) groups excluding carboxylic acids is 1. The molecule has 0 fully saturated rings. The second-order valence-corrected chi connectivity index (χ2v) is 4.66. The number of fused-ring (bicyclic) bond motifs is 1. The van der Waals surface area contributed by atoms with E-state index >= 15 is 0 Å². The summed E-state index contributed by atoms with van der Waals surface area (Å²) < 4.78 is 10.9. The van der Waals surface area contributed by atoms with Gasteiger partial charge in [-0.3, -0.25) is 0 Å². The van der Waals surface area contributed by atoms with Crippen molar-refractivity contribution in [3.05, 3.63) is 66.4 Å². The van der Waals surface area contributed by atoms with Crippen molar-refractivity contribution in [1.82, 2.24) is 4.98 Å². The molecule has 3 rings (SSSR count). The highest BCUT2D eigenvalue weighted by Gasteiger charge is 2.13. The summed E-state index contributed by atoms with van der Waals surface area (Å²) in [6.07, 6.45) is 0. The summed E-state index contributed by atoms with van der Waals surface area (Å²) in [6, 6.07) is 18.2. The number of ether oxygens (including phenoxy) is 2. The van der Waals surface area contributed by atoms with Gasteiger partial charge < -0.3 is 9.47 Å². The van der Waals surface area contributed by atoms with Gasteiger partial charge in [0.05, 0.1) is 12.1 Å². The molecule has 0 amide bonds. The van der Waals surface area contributed by atoms with Gasteiger partial charge in [0.2, 0.25) is 0 Å². The van der Waals surface area contributed by atoms with Crippen molar-refractivity contribution in [3.63, 3.8) is 0 Å². The van der Waals surface area contributed by atoms with Crippen molar-refractivity contribution >= 4 is 16.9 Å². The molecule has 3 aromatic rings. The zero-order valence-corrected chi connectivity index (χ0v) is 12.2. The predicted octanol–water partition coefficient (Wildman–Crippen LogP) is 3.85. The van der Waals surface area contributed by atoms with Crippen LogP contribution in [0.4, 0.5) is 0 Å². The third kappa shape index (κ3) is 2.91. The fourth-order valence-corrected chi connectivity index (χ4v) is 2.14. The van der Waals surface area contributed by atoms with Crippen LogP contribution in [0.3, 0.4) is 0 Å². The minimum Gasteiger partial charge on any atom is -0.490 e. The first-order valence-electron chi connectivity index (χ1n) is 7.07. The number of rotatable bonds is 4. The van der Waals surface area contributed by atoms with Gasteiger partial charge in [0, 0.05) is 5.39 Å². The Kier molecular flexibility index (Phi) is 4.01. The molecule has 0 aliphatic carbocycles. The molecule has 0 saturated heterocycles. The van der Waals surface area contributed by atoms with Crippen LogP contribution in [0.25, 0.3) is 10.9 Å². The van der Waals surface area contributed by atoms with Gasteiger partial charge in [-0.25, -0.2) is 9.78 Å². The minimum atomic E-state index is -0.502. The molecule has 0 aliphatic heterocycles. The van der Waals surface area contributed by atoms with Gasteiger partial charge in [-0.05, 0) is 31.2 Å². The summed E-state index contributed by atoms with van der Waals surface area (Å²) >= 11 is 0. The van der Waals surface area contributed by atoms with Gasteiger partial charge >= 0.3 is 5.97 Å². The Labute approximate surface area is 128 Å². The average Bonchev–Trinajstić information content (AvgIpc) is 2.56. The third-order valence-corrected chi connectivity index (χ3v) is 3.16. The maximum Gasteiger partial charge on any atom is 0.362 e. The van der Waals surface area contributed by atoms with Crippen LogP contribution in [0, 0.1) is 0 Å². The molecule has 2 aromatic carbocycles. The molecule has 0 unspecified atom stereocenters. The smallest absolute Gasteiger partial charge is 0.362 e. The van der Waals surface area contributed by atoms with Crippen LogP contribution in [0.1, 0.15) is 17.4 Å². The van der Waals surface area contributed by atoms with Crippen LogP contribution in [0.2, 0.25) is 0 Å². The van der Waals surface area contributed by atoms with E-state index in [9.17, 15) is 4.79 Å². The summed E-state index contributed by atoms with van der Waals surface area (Å²) in [7, 11) is 0. The molecule has 0 atom stereocenters. The van der Waals surface area contributed by atoms with Crippen LogP contribution in [-0.2, 0) is 0 Å². The molecule has 0 radical (unpaired) electrons. The van der Waals surface area contributed by atoms with E-state index in [0.717, 1.165) is 10.9 Å². The Morgan fingerprint density at radius 2 is 1.68 bits per heavy atom. The molecule has 0 spiro atoms. The Morgan fingerprint density at radius 1 is 0.955 bits per heavy atom. The van der Waals surface area contributed by atoms with Crippen molar-refractivity contribution in [2.24, 2.45) is 0 Å². The second-order valence-electron chi connectivity index (χ2n) is 4.66. The van der Waals surface area contributed by atoms with E-state index in [1.807, 2.05) is 43.3 Å². The van der Waals surface area contributed by atoms with E-state index < -0.39 is 5.97 Å². The fourth-order valence-electron chi connectivity index (χ4n) is 2.14. The summed E-state index contributed by atoms with van der Waals surface area (Å²) in [4.78, 5) is 16.6. The van der Waals surface area contributed by atoms with Crippen LogP contribution in [0.5, 0.6) is 11.5 Å². The zero-order chi connectivity index (χ0) is 15.4. The lowest BCUT2D eigenvalue weighted by Gasteiger charge is -2.10. The van der Waals surface area contributed by atoms with Crippen molar-refractivity contribution in [2.75, 3.05) is 6.61 Å². The molecule has 110 valence electrons. The summed E-state index contributed by atoms with van der Waals surface area (Å²) in [5.74, 6) is 0.432. The number of benzene rings is 2. The normalized spacial score (nSPS) is 10.4. The van der Waals surface area contributed by atoms with E-state index in [0.29, 0.717) is 18.1 Å². The topological polar surface area (TPSA) is 48.4 Å². The van der Waals surface area contributed by atoms with E-state index in [-0.39, 0.29) is 5.69 Å². The van der Waals surface area contributed by atoms with Gasteiger partial charge in [0.25, 0.3) is 0 Å². The lowest BCUT2D eigenvalue weighted by atomic mass is 10.2. The lowest BCUT2D eigenvalue weighted by Crippen LogP contribution is -2.11. The van der Waals surface area contributed by atoms with E-state index in [1.165, 1.54) is 0 Å². The van der Waals surface area contributed by atoms with Crippen molar-refractivity contribution in [2.45, 2.75) is 6.92 Å². The molecular weight excluding hydrogens is 278 g/mol. The Morgan fingerprint density at radius 3 is 2.50 bits per heavy atom. The number of nitrogens with zero attached hydrogens (tertiary/aromatic N) is 1. The van der Waals surface area contributed by atoms with Gasteiger partial charge in [-0.2, -0.15) is 0 Å². The highest BCUT2D eigenvalue weighted by Crippen LogP contribution is 2.27. The van der Waals surface area contributed by atoms with Gasteiger partial charge in [-0.15, -0.1) is 0 Å². The first-order chi connectivity index (χ1) is 10.8. The number of hydrogen-bond acceptors (Lipinski definition) is 4. The Balaban J connectivity index is 1.87. The second kappa shape index (κ2) is 6.26. The highest BCUT2D eigenvalue weighted by molar-refractivity contribution is 5.92. The number of pyridine rings is 1. The van der Waals surface area contributed by atoms with Crippen molar-refractivity contribution in [1.29, 1.82) is 0 Å². The summed E-state index contributed by atoms with van der Waals surface area (Å²) in [5.41, 5.74) is 1.03. The number of hydrogen-bond donors (Lipinski definition) is 0. The van der Waals surface area contributed by atoms with Gasteiger partial charge in [0.1, 0.15) is 5.69 Å². The van der Waals surface area contributed by atoms with Gasteiger partial charge in [-0.1, -0.05) is 36.4 Å². The van der Waals surface area contributed by atoms with Crippen LogP contribution >= 0.6 is 0 Å². The van der Waals surface area contributed by atoms with Crippen molar-refractivity contribution in [3.8, 4) is 11.5 Å². The molecule has 0 N–H and O–H groups in total. The third-order valence-electron chi connectivity index (χ3n) is 3.16. The molecule has 22 heavy (non-hydrogen) atoms. The van der Waals surface area contributed by atoms with Crippen LogP contribution in [0.15, 0.2) is 60.7 Å². The summed E-state index contributed by atoms with van der Waals surface area (Å²) in [6.45, 7) is 2.38. The number of carbonyl (C=O) groups is 1. The highest BCUT2D eigenvalue weighted by atomic mass is 16.6. The maximum atomic E-state index is 12.3. The molecule has 4 heteroatoms. The average molecular weight is 293 g/mol. The van der Waals surface area contributed by atoms with Gasteiger partial charge in [0.15, 0.2) is 11.5 Å². The Hall–Kier alpha value is -2.88.